The predicted molar refractivity (Wildman–Crippen MR) is 118 cm³/mol. The van der Waals surface area contributed by atoms with Crippen LogP contribution in [0.5, 0.6) is 11.5 Å². The number of rotatable bonds is 7. The lowest BCUT2D eigenvalue weighted by atomic mass is 10.1. The highest BCUT2D eigenvalue weighted by molar-refractivity contribution is 7.92. The highest BCUT2D eigenvalue weighted by atomic mass is 32.2. The van der Waals surface area contributed by atoms with Crippen molar-refractivity contribution >= 4 is 32.6 Å². The Morgan fingerprint density at radius 2 is 1.85 bits per heavy atom. The molecule has 2 aromatic heterocycles. The molecule has 0 aliphatic heterocycles. The minimum Gasteiger partial charge on any atom is -0.496 e. The number of sulfonamides is 1. The van der Waals surface area contributed by atoms with Crippen molar-refractivity contribution in [2.24, 2.45) is 0 Å². The molecular weight excluding hydrogens is 448 g/mol. The fraction of sp³-hybridized carbons (Fsp3) is 0.227. The van der Waals surface area contributed by atoms with Crippen LogP contribution in [0.15, 0.2) is 52.1 Å². The topological polar surface area (TPSA) is 126 Å². The van der Waals surface area contributed by atoms with Crippen LogP contribution in [0.2, 0.25) is 0 Å². The molecule has 11 heteroatoms. The molecule has 0 unspecified atom stereocenters. The van der Waals surface area contributed by atoms with Crippen molar-refractivity contribution < 1.29 is 27.2 Å². The smallest absolute Gasteiger partial charge is 0.266 e. The molecule has 0 saturated carbocycles. The van der Waals surface area contributed by atoms with Gasteiger partial charge in [-0.15, -0.1) is 0 Å². The number of carbonyl (C=O) groups excluding carboxylic acids is 1. The second-order valence-electron chi connectivity index (χ2n) is 7.68. The predicted octanol–water partition coefficient (Wildman–Crippen LogP) is 2.56. The quantitative estimate of drug-likeness (QED) is 0.439. The monoisotopic (exact) mass is 468 g/mol. The van der Waals surface area contributed by atoms with Crippen LogP contribution in [0.3, 0.4) is 0 Å². The minimum absolute atomic E-state index is 0.00822. The number of carbonyl (C=O) groups is 1. The Bertz CT molecular complexity index is 1470. The van der Waals surface area contributed by atoms with E-state index in [0.717, 1.165) is 11.1 Å². The van der Waals surface area contributed by atoms with Crippen molar-refractivity contribution in [1.82, 2.24) is 14.9 Å². The highest BCUT2D eigenvalue weighted by Crippen LogP contribution is 2.37. The molecule has 0 amide bonds. The normalized spacial score (nSPS) is 13.3. The van der Waals surface area contributed by atoms with Crippen LogP contribution >= 0.6 is 0 Å². The molecule has 33 heavy (non-hydrogen) atoms. The van der Waals surface area contributed by atoms with E-state index in [-0.39, 0.29) is 35.1 Å². The van der Waals surface area contributed by atoms with Crippen LogP contribution < -0.4 is 14.2 Å². The van der Waals surface area contributed by atoms with Gasteiger partial charge < -0.3 is 14.0 Å². The molecule has 10 nitrogen and oxygen atoms in total. The van der Waals surface area contributed by atoms with Crippen molar-refractivity contribution in [3.05, 3.63) is 59.4 Å². The fourth-order valence-electron chi connectivity index (χ4n) is 4.01. The van der Waals surface area contributed by atoms with Gasteiger partial charge in [-0.2, -0.15) is 5.10 Å². The number of hydrogen-bond acceptors (Lipinski definition) is 8. The number of hydrogen-bond donors (Lipinski definition) is 1. The Hall–Kier alpha value is -3.86. The minimum atomic E-state index is -4.11. The molecule has 0 radical (unpaired) electrons. The van der Waals surface area contributed by atoms with E-state index in [1.54, 1.807) is 29.1 Å². The van der Waals surface area contributed by atoms with Gasteiger partial charge in [-0.3, -0.25) is 14.2 Å². The summed E-state index contributed by atoms with van der Waals surface area (Å²) in [5.74, 6) is 0.580. The number of methoxy groups -OCH3 is 2. The second-order valence-corrected chi connectivity index (χ2v) is 9.33. The maximum Gasteiger partial charge on any atom is 0.266 e. The molecule has 170 valence electrons. The summed E-state index contributed by atoms with van der Waals surface area (Å²) < 4.78 is 47.0. The van der Waals surface area contributed by atoms with Gasteiger partial charge in [-0.1, -0.05) is 5.16 Å². The highest BCUT2D eigenvalue weighted by Gasteiger charge is 2.28. The summed E-state index contributed by atoms with van der Waals surface area (Å²) in [6.07, 6.45) is 3.97. The molecular formula is C22H20N4O6S. The van der Waals surface area contributed by atoms with E-state index in [9.17, 15) is 13.2 Å². The lowest BCUT2D eigenvalue weighted by Crippen LogP contribution is -2.15. The van der Waals surface area contributed by atoms with Gasteiger partial charge in [-0.25, -0.2) is 8.42 Å². The van der Waals surface area contributed by atoms with Gasteiger partial charge in [0, 0.05) is 25.2 Å². The van der Waals surface area contributed by atoms with Gasteiger partial charge in [0.05, 0.1) is 20.8 Å². The number of nitrogens with zero attached hydrogens (tertiary/aromatic N) is 3. The maximum absolute atomic E-state index is 13.3. The molecule has 0 atom stereocenters. The molecule has 0 fully saturated rings. The number of anilines is 1. The standard InChI is InChI=1S/C22H20N4O6S/c1-30-17-10-14-8-16(27)9-15(14)11-20(17)33(28,29)25-22-21-18(31-2)6-13(7-19(21)32-24-22)12-26-5-3-4-23-26/h3-7,10-11H,8-9,12H2,1-2H3,(H,24,25). The Labute approximate surface area is 189 Å². The summed E-state index contributed by atoms with van der Waals surface area (Å²) in [5.41, 5.74) is 2.65. The van der Waals surface area contributed by atoms with Crippen LogP contribution in [-0.2, 0) is 34.2 Å². The first-order valence-corrected chi connectivity index (χ1v) is 11.5. The van der Waals surface area contributed by atoms with Crippen LogP contribution in [-0.4, -0.2) is 43.4 Å². The van der Waals surface area contributed by atoms with Gasteiger partial charge in [0.2, 0.25) is 0 Å². The lowest BCUT2D eigenvalue weighted by molar-refractivity contribution is -0.117. The number of benzene rings is 2. The zero-order valence-corrected chi connectivity index (χ0v) is 18.7. The first-order chi connectivity index (χ1) is 15.9. The Kier molecular flexibility index (Phi) is 5.05. The summed E-state index contributed by atoms with van der Waals surface area (Å²) >= 11 is 0. The van der Waals surface area contributed by atoms with Crippen molar-refractivity contribution in [2.45, 2.75) is 24.3 Å². The zero-order chi connectivity index (χ0) is 23.2. The number of aromatic nitrogens is 3. The van der Waals surface area contributed by atoms with Crippen molar-refractivity contribution in [2.75, 3.05) is 18.9 Å². The fourth-order valence-corrected chi connectivity index (χ4v) is 5.21. The van der Waals surface area contributed by atoms with Gasteiger partial charge in [0.15, 0.2) is 11.4 Å². The first kappa shape index (κ1) is 21.0. The average Bonchev–Trinajstić information content (AvgIpc) is 3.52. The number of nitrogens with one attached hydrogen (secondary N) is 1. The number of fused-ring (bicyclic) bond motifs is 2. The van der Waals surface area contributed by atoms with Crippen molar-refractivity contribution in [3.63, 3.8) is 0 Å². The summed E-state index contributed by atoms with van der Waals surface area (Å²) in [6, 6.07) is 8.42. The summed E-state index contributed by atoms with van der Waals surface area (Å²) in [4.78, 5) is 11.7. The summed E-state index contributed by atoms with van der Waals surface area (Å²) in [7, 11) is -1.24. The molecule has 0 bridgehead atoms. The third-order valence-corrected chi connectivity index (χ3v) is 6.86. The van der Waals surface area contributed by atoms with E-state index in [1.165, 1.54) is 20.3 Å². The number of ether oxygens (including phenoxy) is 2. The molecule has 0 saturated heterocycles. The van der Waals surface area contributed by atoms with Crippen LogP contribution in [0, 0.1) is 0 Å². The average molecular weight is 468 g/mol. The molecule has 1 N–H and O–H groups in total. The first-order valence-electron chi connectivity index (χ1n) is 10.1. The van der Waals surface area contributed by atoms with Gasteiger partial charge >= 0.3 is 0 Å². The Morgan fingerprint density at radius 1 is 1.09 bits per heavy atom. The van der Waals surface area contributed by atoms with Gasteiger partial charge in [0.25, 0.3) is 10.0 Å². The van der Waals surface area contributed by atoms with Crippen LogP contribution in [0.1, 0.15) is 16.7 Å². The Balaban J connectivity index is 1.53. The molecule has 0 spiro atoms. The molecule has 5 rings (SSSR count). The summed E-state index contributed by atoms with van der Waals surface area (Å²) in [5, 5.41) is 8.50. The lowest BCUT2D eigenvalue weighted by Gasteiger charge is -2.13. The molecule has 4 aromatic rings. The number of Topliss-reactive ketones (excluding diaryl/α,β-unsaturated/α-hetero) is 1. The summed E-state index contributed by atoms with van der Waals surface area (Å²) in [6.45, 7) is 0.478. The maximum atomic E-state index is 13.3. The van der Waals surface area contributed by atoms with Gasteiger partial charge in [-0.05, 0) is 47.0 Å². The Morgan fingerprint density at radius 3 is 2.55 bits per heavy atom. The third kappa shape index (κ3) is 3.80. The van der Waals surface area contributed by atoms with E-state index in [4.69, 9.17) is 14.0 Å². The van der Waals surface area contributed by atoms with Crippen molar-refractivity contribution in [1.29, 1.82) is 0 Å². The molecule has 1 aliphatic rings. The van der Waals surface area contributed by atoms with Crippen molar-refractivity contribution in [3.8, 4) is 11.5 Å². The van der Waals surface area contributed by atoms with Crippen LogP contribution in [0.4, 0.5) is 5.82 Å². The van der Waals surface area contributed by atoms with E-state index in [2.05, 4.69) is 15.0 Å². The molecule has 2 aromatic carbocycles. The van der Waals surface area contributed by atoms with Gasteiger partial charge in [0.1, 0.15) is 27.6 Å². The third-order valence-electron chi connectivity index (χ3n) is 5.50. The SMILES string of the molecule is COc1cc2c(cc1S(=O)(=O)Nc1noc3cc(Cn4cccn4)cc(OC)c13)CC(=O)C2. The van der Waals surface area contributed by atoms with E-state index < -0.39 is 10.0 Å². The van der Waals surface area contributed by atoms with Crippen LogP contribution in [0.25, 0.3) is 11.0 Å². The molecule has 1 aliphatic carbocycles. The van der Waals surface area contributed by atoms with E-state index in [0.29, 0.717) is 28.8 Å². The number of ketones is 1. The zero-order valence-electron chi connectivity index (χ0n) is 17.9. The molecule has 2 heterocycles. The van der Waals surface area contributed by atoms with E-state index >= 15 is 0 Å². The largest absolute Gasteiger partial charge is 0.496 e. The van der Waals surface area contributed by atoms with E-state index in [1.807, 2.05) is 12.3 Å². The second kappa shape index (κ2) is 7.93.